The summed E-state index contributed by atoms with van der Waals surface area (Å²) >= 11 is 0. The summed E-state index contributed by atoms with van der Waals surface area (Å²) in [5.74, 6) is -0.358. The number of ether oxygens (including phenoxy) is 1. The summed E-state index contributed by atoms with van der Waals surface area (Å²) in [6.07, 6.45) is -1.74. The maximum absolute atomic E-state index is 9.83. The average molecular weight is 306 g/mol. The second-order valence-electron chi connectivity index (χ2n) is 3.57. The largest absolute Gasteiger partial charge is 0.396 e. The predicted molar refractivity (Wildman–Crippen MR) is 65.1 cm³/mol. The Bertz CT molecular complexity index is 269. The molecule has 6 N–H and O–H groups in total. The van der Waals surface area contributed by atoms with Crippen LogP contribution in [0.1, 0.15) is 6.42 Å². The van der Waals surface area contributed by atoms with Crippen molar-refractivity contribution >= 4 is 10.1 Å². The van der Waals surface area contributed by atoms with Gasteiger partial charge in [-0.3, -0.25) is 4.55 Å². The van der Waals surface area contributed by atoms with Crippen LogP contribution in [0, 0.1) is 0 Å². The van der Waals surface area contributed by atoms with E-state index in [1.54, 1.807) is 0 Å². The molecule has 0 amide bonds. The van der Waals surface area contributed by atoms with Gasteiger partial charge in [0.15, 0.2) is 0 Å². The van der Waals surface area contributed by atoms with Crippen molar-refractivity contribution in [2.24, 2.45) is 0 Å². The van der Waals surface area contributed by atoms with Gasteiger partial charge in [0, 0.05) is 6.61 Å². The Morgan fingerprint density at radius 1 is 0.947 bits per heavy atom. The van der Waals surface area contributed by atoms with Crippen LogP contribution in [0.25, 0.3) is 0 Å². The van der Waals surface area contributed by atoms with Crippen molar-refractivity contribution < 1.29 is 43.2 Å². The Morgan fingerprint density at radius 3 is 1.58 bits per heavy atom. The summed E-state index contributed by atoms with van der Waals surface area (Å²) in [6.45, 7) is -1.01. The van der Waals surface area contributed by atoms with E-state index in [0.717, 1.165) is 0 Å². The van der Waals surface area contributed by atoms with Gasteiger partial charge in [0.25, 0.3) is 10.1 Å². The van der Waals surface area contributed by atoms with Crippen molar-refractivity contribution in [1.29, 1.82) is 0 Å². The average Bonchev–Trinajstić information content (AvgIpc) is 2.35. The third-order valence-electron chi connectivity index (χ3n) is 1.60. The number of hydrogen-bond donors (Lipinski definition) is 6. The molecule has 10 heteroatoms. The van der Waals surface area contributed by atoms with Crippen molar-refractivity contribution in [3.63, 3.8) is 0 Å². The summed E-state index contributed by atoms with van der Waals surface area (Å²) in [5.41, 5.74) is 0. The number of aliphatic hydroxyl groups excluding tert-OH is 5. The minimum absolute atomic E-state index is 0.0342. The Balaban J connectivity index is 0. The molecular weight excluding hydrogens is 284 g/mol. The van der Waals surface area contributed by atoms with Gasteiger partial charge in [0.2, 0.25) is 0 Å². The Labute approximate surface area is 111 Å². The van der Waals surface area contributed by atoms with Crippen molar-refractivity contribution in [3.8, 4) is 0 Å². The second-order valence-corrected chi connectivity index (χ2v) is 5.15. The van der Waals surface area contributed by atoms with Crippen LogP contribution >= 0.6 is 0 Å². The van der Waals surface area contributed by atoms with Crippen LogP contribution in [-0.2, 0) is 14.9 Å². The Hall–Kier alpha value is -0.330. The predicted octanol–water partition coefficient (Wildman–Crippen LogP) is -3.03. The fourth-order valence-electron chi connectivity index (χ4n) is 0.692. The second kappa shape index (κ2) is 12.7. The molecule has 0 rings (SSSR count). The van der Waals surface area contributed by atoms with Crippen LogP contribution in [0.4, 0.5) is 0 Å². The van der Waals surface area contributed by atoms with E-state index in [4.69, 9.17) is 34.8 Å². The van der Waals surface area contributed by atoms with Gasteiger partial charge in [-0.25, -0.2) is 0 Å². The first-order valence-electron chi connectivity index (χ1n) is 5.48. The topological polar surface area (TPSA) is 165 Å². The fourth-order valence-corrected chi connectivity index (χ4v) is 1.19. The molecule has 9 nitrogen and oxygen atoms in total. The molecule has 0 bridgehead atoms. The first-order valence-corrected chi connectivity index (χ1v) is 7.09. The SMILES string of the molecule is O=S(=O)(O)CCCO.OCC(O)COCC(O)CO. The maximum Gasteiger partial charge on any atom is 0.264 e. The van der Waals surface area contributed by atoms with Crippen LogP contribution in [0.2, 0.25) is 0 Å². The smallest absolute Gasteiger partial charge is 0.264 e. The Morgan fingerprint density at radius 2 is 1.37 bits per heavy atom. The van der Waals surface area contributed by atoms with E-state index in [0.29, 0.717) is 0 Å². The molecule has 2 atom stereocenters. The van der Waals surface area contributed by atoms with E-state index >= 15 is 0 Å². The Kier molecular flexibility index (Phi) is 14.0. The summed E-state index contributed by atoms with van der Waals surface area (Å²) in [6, 6.07) is 0. The monoisotopic (exact) mass is 306 g/mol. The molecule has 0 saturated carbocycles. The van der Waals surface area contributed by atoms with E-state index in [-0.39, 0.29) is 45.2 Å². The summed E-state index contributed by atoms with van der Waals surface area (Å²) < 4.78 is 32.4. The molecular formula is C9H22O9S. The molecule has 0 aromatic carbocycles. The lowest BCUT2D eigenvalue weighted by Crippen LogP contribution is -2.25. The quantitative estimate of drug-likeness (QED) is 0.243. The minimum atomic E-state index is -3.85. The molecule has 0 aliphatic rings. The maximum atomic E-state index is 9.83. The fraction of sp³-hybridized carbons (Fsp3) is 1.00. The normalized spacial score (nSPS) is 14.4. The van der Waals surface area contributed by atoms with Gasteiger partial charge in [-0.05, 0) is 6.42 Å². The summed E-state index contributed by atoms with van der Waals surface area (Å²) in [4.78, 5) is 0. The third-order valence-corrected chi connectivity index (χ3v) is 2.41. The van der Waals surface area contributed by atoms with E-state index in [2.05, 4.69) is 0 Å². The van der Waals surface area contributed by atoms with E-state index < -0.39 is 22.3 Å². The zero-order chi connectivity index (χ0) is 15.3. The molecule has 2 unspecified atom stereocenters. The molecule has 0 spiro atoms. The van der Waals surface area contributed by atoms with Crippen molar-refractivity contribution in [1.82, 2.24) is 0 Å². The zero-order valence-electron chi connectivity index (χ0n) is 10.4. The van der Waals surface area contributed by atoms with Gasteiger partial charge >= 0.3 is 0 Å². The van der Waals surface area contributed by atoms with Gasteiger partial charge in [0.05, 0.1) is 32.2 Å². The lowest BCUT2D eigenvalue weighted by atomic mass is 10.4. The van der Waals surface area contributed by atoms with E-state index in [1.165, 1.54) is 0 Å². The van der Waals surface area contributed by atoms with Gasteiger partial charge in [0.1, 0.15) is 12.2 Å². The standard InChI is InChI=1S/C6H14O5.C3H8O4S/c7-1-5(9)3-11-4-6(10)2-8;4-2-1-3-8(5,6)7/h5-10H,1-4H2;4H,1-3H2,(H,5,6,7). The van der Waals surface area contributed by atoms with Crippen LogP contribution in [0.3, 0.4) is 0 Å². The van der Waals surface area contributed by atoms with E-state index in [1.807, 2.05) is 0 Å². The lowest BCUT2D eigenvalue weighted by Gasteiger charge is -2.10. The molecule has 0 aromatic rings. The highest BCUT2D eigenvalue weighted by molar-refractivity contribution is 7.85. The third kappa shape index (κ3) is 20.2. The van der Waals surface area contributed by atoms with E-state index in [9.17, 15) is 8.42 Å². The highest BCUT2D eigenvalue weighted by Crippen LogP contribution is 1.87. The van der Waals surface area contributed by atoms with Gasteiger partial charge in [-0.15, -0.1) is 0 Å². The lowest BCUT2D eigenvalue weighted by molar-refractivity contribution is -0.0364. The van der Waals surface area contributed by atoms with Crippen LogP contribution in [0.5, 0.6) is 0 Å². The summed E-state index contributed by atoms with van der Waals surface area (Å²) in [5, 5.41) is 42.1. The molecule has 0 aromatic heterocycles. The first kappa shape index (κ1) is 21.0. The van der Waals surface area contributed by atoms with Crippen LogP contribution in [-0.4, -0.2) is 89.5 Å². The molecule has 0 aliphatic carbocycles. The highest BCUT2D eigenvalue weighted by Gasteiger charge is 2.05. The van der Waals surface area contributed by atoms with Crippen molar-refractivity contribution in [2.75, 3.05) is 38.8 Å². The molecule has 118 valence electrons. The number of aliphatic hydroxyl groups is 5. The number of rotatable bonds is 9. The van der Waals surface area contributed by atoms with Gasteiger partial charge in [-0.1, -0.05) is 0 Å². The van der Waals surface area contributed by atoms with Crippen molar-refractivity contribution in [3.05, 3.63) is 0 Å². The first-order chi connectivity index (χ1) is 8.76. The minimum Gasteiger partial charge on any atom is -0.396 e. The highest BCUT2D eigenvalue weighted by atomic mass is 32.2. The molecule has 0 fully saturated rings. The molecule has 0 radical (unpaired) electrons. The number of hydrogen-bond acceptors (Lipinski definition) is 8. The van der Waals surface area contributed by atoms with Gasteiger partial charge < -0.3 is 30.3 Å². The zero-order valence-corrected chi connectivity index (χ0v) is 11.2. The van der Waals surface area contributed by atoms with Crippen molar-refractivity contribution in [2.45, 2.75) is 18.6 Å². The molecule has 0 saturated heterocycles. The molecule has 0 heterocycles. The molecule has 0 aliphatic heterocycles. The molecule has 19 heavy (non-hydrogen) atoms. The van der Waals surface area contributed by atoms with Crippen LogP contribution < -0.4 is 0 Å². The summed E-state index contributed by atoms with van der Waals surface area (Å²) in [7, 11) is -3.85. The van der Waals surface area contributed by atoms with Crippen LogP contribution in [0.15, 0.2) is 0 Å². The van der Waals surface area contributed by atoms with Gasteiger partial charge in [-0.2, -0.15) is 8.42 Å².